The predicted octanol–water partition coefficient (Wildman–Crippen LogP) is 2.78. The Bertz CT molecular complexity index is 391. The summed E-state index contributed by atoms with van der Waals surface area (Å²) in [5, 5.41) is 0. The highest BCUT2D eigenvalue weighted by atomic mass is 16.3. The molecule has 1 aromatic rings. The van der Waals surface area contributed by atoms with Crippen LogP contribution in [0.15, 0.2) is 16.5 Å². The van der Waals surface area contributed by atoms with Crippen LogP contribution in [0.5, 0.6) is 0 Å². The first-order valence-corrected chi connectivity index (χ1v) is 6.93. The zero-order valence-corrected chi connectivity index (χ0v) is 12.1. The van der Waals surface area contributed by atoms with E-state index in [0.29, 0.717) is 0 Å². The number of rotatable bonds is 5. The van der Waals surface area contributed by atoms with Gasteiger partial charge in [-0.1, -0.05) is 13.8 Å². The Morgan fingerprint density at radius 3 is 2.56 bits per heavy atom. The summed E-state index contributed by atoms with van der Waals surface area (Å²) >= 11 is 0. The third kappa shape index (κ3) is 2.47. The maximum atomic E-state index is 6.02. The van der Waals surface area contributed by atoms with Crippen LogP contribution < -0.4 is 5.73 Å². The molecule has 1 fully saturated rings. The summed E-state index contributed by atoms with van der Waals surface area (Å²) in [6, 6.07) is 4.09. The first-order valence-electron chi connectivity index (χ1n) is 6.93. The number of furan rings is 1. The molecule has 1 aromatic heterocycles. The van der Waals surface area contributed by atoms with Crippen molar-refractivity contribution >= 4 is 0 Å². The van der Waals surface area contributed by atoms with Gasteiger partial charge in [0.2, 0.25) is 0 Å². The normalized spacial score (nSPS) is 27.8. The van der Waals surface area contributed by atoms with E-state index in [0.717, 1.165) is 36.4 Å². The zero-order valence-electron chi connectivity index (χ0n) is 12.1. The Morgan fingerprint density at radius 2 is 2.11 bits per heavy atom. The van der Waals surface area contributed by atoms with Crippen LogP contribution in [-0.4, -0.2) is 24.0 Å². The van der Waals surface area contributed by atoms with Gasteiger partial charge in [-0.3, -0.25) is 4.90 Å². The molecule has 3 heteroatoms. The van der Waals surface area contributed by atoms with Crippen LogP contribution in [0, 0.1) is 18.8 Å². The molecule has 0 aliphatic heterocycles. The number of hydrogen-bond donors (Lipinski definition) is 1. The van der Waals surface area contributed by atoms with Crippen molar-refractivity contribution < 1.29 is 4.42 Å². The van der Waals surface area contributed by atoms with E-state index in [1.807, 2.05) is 13.0 Å². The van der Waals surface area contributed by atoms with Crippen molar-refractivity contribution in [2.24, 2.45) is 17.6 Å². The fourth-order valence-corrected chi connectivity index (χ4v) is 2.99. The van der Waals surface area contributed by atoms with Gasteiger partial charge in [-0.15, -0.1) is 0 Å². The molecule has 0 unspecified atom stereocenters. The summed E-state index contributed by atoms with van der Waals surface area (Å²) in [7, 11) is 2.17. The third-order valence-corrected chi connectivity index (χ3v) is 4.61. The second kappa shape index (κ2) is 5.06. The lowest BCUT2D eigenvalue weighted by Gasteiger charge is -2.54. The predicted molar refractivity (Wildman–Crippen MR) is 74.3 cm³/mol. The van der Waals surface area contributed by atoms with E-state index in [9.17, 15) is 0 Å². The van der Waals surface area contributed by atoms with Crippen LogP contribution in [0.3, 0.4) is 0 Å². The van der Waals surface area contributed by atoms with Crippen molar-refractivity contribution in [1.82, 2.24) is 4.90 Å². The molecule has 18 heavy (non-hydrogen) atoms. The Morgan fingerprint density at radius 1 is 1.44 bits per heavy atom. The van der Waals surface area contributed by atoms with Crippen molar-refractivity contribution in [2.45, 2.75) is 45.7 Å². The van der Waals surface area contributed by atoms with Gasteiger partial charge in [0.1, 0.15) is 11.5 Å². The second-order valence-corrected chi connectivity index (χ2v) is 6.21. The van der Waals surface area contributed by atoms with E-state index in [1.54, 1.807) is 0 Å². The Hall–Kier alpha value is -0.800. The molecule has 0 spiro atoms. The molecular weight excluding hydrogens is 224 g/mol. The van der Waals surface area contributed by atoms with Crippen molar-refractivity contribution in [3.63, 3.8) is 0 Å². The fraction of sp³-hybridized carbons (Fsp3) is 0.733. The van der Waals surface area contributed by atoms with Gasteiger partial charge in [0.25, 0.3) is 0 Å². The first-order chi connectivity index (χ1) is 8.47. The Kier molecular flexibility index (Phi) is 3.83. The van der Waals surface area contributed by atoms with E-state index in [1.165, 1.54) is 12.8 Å². The molecule has 102 valence electrons. The highest BCUT2D eigenvalue weighted by Crippen LogP contribution is 2.45. The first kappa shape index (κ1) is 13.6. The molecule has 2 rings (SSSR count). The average molecular weight is 250 g/mol. The van der Waals surface area contributed by atoms with E-state index in [-0.39, 0.29) is 5.54 Å². The molecule has 2 N–H and O–H groups in total. The van der Waals surface area contributed by atoms with Gasteiger partial charge in [0.15, 0.2) is 0 Å². The third-order valence-electron chi connectivity index (χ3n) is 4.61. The monoisotopic (exact) mass is 250 g/mol. The molecule has 1 aliphatic rings. The summed E-state index contributed by atoms with van der Waals surface area (Å²) < 4.78 is 5.65. The molecule has 0 amide bonds. The van der Waals surface area contributed by atoms with Crippen LogP contribution in [0.1, 0.15) is 38.2 Å². The highest BCUT2D eigenvalue weighted by Gasteiger charge is 2.46. The topological polar surface area (TPSA) is 42.4 Å². The number of hydrogen-bond acceptors (Lipinski definition) is 3. The summed E-state index contributed by atoms with van der Waals surface area (Å²) in [6.07, 6.45) is 2.44. The molecular formula is C15H26N2O. The number of nitrogens with zero attached hydrogens (tertiary/aromatic N) is 1. The van der Waals surface area contributed by atoms with Gasteiger partial charge in [-0.25, -0.2) is 0 Å². The largest absolute Gasteiger partial charge is 0.465 e. The van der Waals surface area contributed by atoms with Gasteiger partial charge in [-0.05, 0) is 50.8 Å². The Labute approximate surface area is 110 Å². The maximum absolute atomic E-state index is 6.02. The summed E-state index contributed by atoms with van der Waals surface area (Å²) in [5.74, 6) is 3.61. The van der Waals surface area contributed by atoms with E-state index < -0.39 is 0 Å². The van der Waals surface area contributed by atoms with Crippen LogP contribution in [-0.2, 0) is 6.54 Å². The van der Waals surface area contributed by atoms with Gasteiger partial charge in [-0.2, -0.15) is 0 Å². The van der Waals surface area contributed by atoms with Crippen molar-refractivity contribution in [2.75, 3.05) is 13.6 Å². The lowest BCUT2D eigenvalue weighted by Crippen LogP contribution is -2.60. The Balaban J connectivity index is 1.97. The molecule has 0 radical (unpaired) electrons. The number of likely N-dealkylation sites (N-methyl/N-ethyl adjacent to an activating group) is 1. The number of aryl methyl sites for hydroxylation is 1. The highest BCUT2D eigenvalue weighted by molar-refractivity contribution is 5.08. The standard InChI is InChI=1S/C15H26N2O/c1-11(2)13-7-15(8-13,10-16)17(4)9-14-6-5-12(3)18-14/h5-6,11,13H,7-10,16H2,1-4H3. The molecule has 0 saturated heterocycles. The lowest BCUT2D eigenvalue weighted by molar-refractivity contribution is -0.0273. The van der Waals surface area contributed by atoms with Gasteiger partial charge < -0.3 is 10.2 Å². The smallest absolute Gasteiger partial charge is 0.118 e. The van der Waals surface area contributed by atoms with E-state index in [4.69, 9.17) is 10.2 Å². The van der Waals surface area contributed by atoms with Crippen LogP contribution >= 0.6 is 0 Å². The SMILES string of the molecule is Cc1ccc(CN(C)C2(CN)CC(C(C)C)C2)o1. The van der Waals surface area contributed by atoms with Crippen LogP contribution in [0.25, 0.3) is 0 Å². The molecule has 0 aromatic carbocycles. The molecule has 3 nitrogen and oxygen atoms in total. The lowest BCUT2D eigenvalue weighted by atomic mass is 9.63. The van der Waals surface area contributed by atoms with Crippen molar-refractivity contribution in [3.8, 4) is 0 Å². The average Bonchev–Trinajstić information content (AvgIpc) is 2.62. The van der Waals surface area contributed by atoms with Crippen LogP contribution in [0.4, 0.5) is 0 Å². The summed E-state index contributed by atoms with van der Waals surface area (Å²) in [5.41, 5.74) is 6.21. The maximum Gasteiger partial charge on any atom is 0.118 e. The summed E-state index contributed by atoms with van der Waals surface area (Å²) in [6.45, 7) is 8.20. The molecule has 1 aliphatic carbocycles. The number of nitrogens with two attached hydrogens (primary N) is 1. The molecule has 0 atom stereocenters. The fourth-order valence-electron chi connectivity index (χ4n) is 2.99. The minimum atomic E-state index is 0.190. The minimum absolute atomic E-state index is 0.190. The molecule has 1 heterocycles. The zero-order chi connectivity index (χ0) is 13.3. The second-order valence-electron chi connectivity index (χ2n) is 6.21. The minimum Gasteiger partial charge on any atom is -0.465 e. The van der Waals surface area contributed by atoms with E-state index >= 15 is 0 Å². The van der Waals surface area contributed by atoms with Crippen LogP contribution in [0.2, 0.25) is 0 Å². The van der Waals surface area contributed by atoms with Gasteiger partial charge in [0, 0.05) is 12.1 Å². The van der Waals surface area contributed by atoms with Gasteiger partial charge in [0.05, 0.1) is 6.54 Å². The quantitative estimate of drug-likeness (QED) is 0.873. The molecule has 0 bridgehead atoms. The van der Waals surface area contributed by atoms with Crippen molar-refractivity contribution in [1.29, 1.82) is 0 Å². The molecule has 1 saturated carbocycles. The summed E-state index contributed by atoms with van der Waals surface area (Å²) in [4.78, 5) is 2.38. The van der Waals surface area contributed by atoms with E-state index in [2.05, 4.69) is 31.9 Å². The van der Waals surface area contributed by atoms with Gasteiger partial charge >= 0.3 is 0 Å². The van der Waals surface area contributed by atoms with Crippen molar-refractivity contribution in [3.05, 3.63) is 23.7 Å².